The lowest BCUT2D eigenvalue weighted by Crippen LogP contribution is -2.55. The number of hydrogen-bond acceptors (Lipinski definition) is 6. The van der Waals surface area contributed by atoms with Crippen molar-refractivity contribution >= 4 is 17.6 Å². The number of hydrogen-bond donors (Lipinski definition) is 1. The standard InChI is InChI=1S/C20H22N4O6/c1-4-11-22-18(27)23(12-5-2)20(29)24(19(22)28)13-16(25)21-15-9-7-14(8-10-15)17(26)30-6-3/h4-5,7-10H,1-2,6,11-13H2,3H3,(H,21,25). The van der Waals surface area contributed by atoms with E-state index in [0.29, 0.717) is 15.8 Å². The molecular formula is C20H22N4O6. The number of benzene rings is 1. The Morgan fingerprint density at radius 3 is 1.90 bits per heavy atom. The number of nitrogens with zero attached hydrogens (tertiary/aromatic N) is 3. The van der Waals surface area contributed by atoms with E-state index in [-0.39, 0.29) is 19.7 Å². The summed E-state index contributed by atoms with van der Waals surface area (Å²) in [6.45, 7) is 8.06. The monoisotopic (exact) mass is 414 g/mol. The maximum absolute atomic E-state index is 12.5. The van der Waals surface area contributed by atoms with Gasteiger partial charge in [0.1, 0.15) is 6.54 Å². The van der Waals surface area contributed by atoms with Crippen LogP contribution in [0.5, 0.6) is 0 Å². The summed E-state index contributed by atoms with van der Waals surface area (Å²) in [5.74, 6) is -1.15. The van der Waals surface area contributed by atoms with Gasteiger partial charge >= 0.3 is 23.0 Å². The van der Waals surface area contributed by atoms with E-state index in [9.17, 15) is 24.0 Å². The smallest absolute Gasteiger partial charge is 0.338 e. The first kappa shape index (κ1) is 22.3. The summed E-state index contributed by atoms with van der Waals surface area (Å²) >= 11 is 0. The SMILES string of the molecule is C=CCn1c(=O)n(CC=C)c(=O)n(CC(=O)Nc2ccc(C(=O)OCC)cc2)c1=O. The van der Waals surface area contributed by atoms with E-state index in [1.165, 1.54) is 36.4 Å². The van der Waals surface area contributed by atoms with E-state index in [0.717, 1.165) is 9.13 Å². The zero-order valence-corrected chi connectivity index (χ0v) is 16.5. The van der Waals surface area contributed by atoms with Gasteiger partial charge in [0, 0.05) is 5.69 Å². The first-order valence-electron chi connectivity index (χ1n) is 9.07. The van der Waals surface area contributed by atoms with Gasteiger partial charge in [-0.25, -0.2) is 32.9 Å². The van der Waals surface area contributed by atoms with Crippen molar-refractivity contribution in [3.8, 4) is 0 Å². The number of anilines is 1. The van der Waals surface area contributed by atoms with E-state index >= 15 is 0 Å². The van der Waals surface area contributed by atoms with Gasteiger partial charge in [0.05, 0.1) is 25.3 Å². The molecule has 1 aromatic heterocycles. The normalized spacial score (nSPS) is 10.3. The molecule has 0 atom stereocenters. The van der Waals surface area contributed by atoms with Gasteiger partial charge in [-0.1, -0.05) is 12.2 Å². The Kier molecular flexibility index (Phi) is 7.45. The van der Waals surface area contributed by atoms with Crippen molar-refractivity contribution in [3.63, 3.8) is 0 Å². The maximum Gasteiger partial charge on any atom is 0.338 e. The molecule has 1 aromatic carbocycles. The molecule has 0 aliphatic heterocycles. The summed E-state index contributed by atoms with van der Waals surface area (Å²) in [7, 11) is 0. The minimum atomic E-state index is -0.918. The van der Waals surface area contributed by atoms with Gasteiger partial charge in [-0.05, 0) is 31.2 Å². The van der Waals surface area contributed by atoms with Gasteiger partial charge < -0.3 is 10.1 Å². The van der Waals surface area contributed by atoms with Crippen LogP contribution < -0.4 is 22.4 Å². The van der Waals surface area contributed by atoms with Gasteiger partial charge in [-0.15, -0.1) is 13.2 Å². The first-order chi connectivity index (χ1) is 14.3. The molecule has 0 aliphatic rings. The van der Waals surface area contributed by atoms with Crippen LogP contribution in [-0.4, -0.2) is 32.2 Å². The molecule has 2 rings (SSSR count). The van der Waals surface area contributed by atoms with Crippen molar-refractivity contribution in [1.82, 2.24) is 13.7 Å². The fraction of sp³-hybridized carbons (Fsp3) is 0.250. The molecule has 0 saturated heterocycles. The number of carbonyl (C=O) groups excluding carboxylic acids is 2. The van der Waals surface area contributed by atoms with Crippen LogP contribution in [0.4, 0.5) is 5.69 Å². The van der Waals surface area contributed by atoms with Gasteiger partial charge in [0.15, 0.2) is 0 Å². The zero-order valence-electron chi connectivity index (χ0n) is 16.5. The second kappa shape index (κ2) is 10.0. The van der Waals surface area contributed by atoms with Crippen LogP contribution in [0.2, 0.25) is 0 Å². The van der Waals surface area contributed by atoms with Gasteiger partial charge in [0.2, 0.25) is 5.91 Å². The third kappa shape index (κ3) is 4.90. The van der Waals surface area contributed by atoms with Crippen LogP contribution in [0.1, 0.15) is 17.3 Å². The van der Waals surface area contributed by atoms with E-state index in [1.807, 2.05) is 0 Å². The van der Waals surface area contributed by atoms with Crippen LogP contribution in [0.3, 0.4) is 0 Å². The highest BCUT2D eigenvalue weighted by molar-refractivity contribution is 5.92. The molecule has 30 heavy (non-hydrogen) atoms. The van der Waals surface area contributed by atoms with E-state index < -0.39 is 35.5 Å². The summed E-state index contributed by atoms with van der Waals surface area (Å²) in [4.78, 5) is 61.5. The van der Waals surface area contributed by atoms with E-state index in [1.54, 1.807) is 6.92 Å². The van der Waals surface area contributed by atoms with Crippen LogP contribution >= 0.6 is 0 Å². The van der Waals surface area contributed by atoms with Crippen molar-refractivity contribution in [2.45, 2.75) is 26.6 Å². The molecule has 10 nitrogen and oxygen atoms in total. The van der Waals surface area contributed by atoms with Crippen molar-refractivity contribution in [1.29, 1.82) is 0 Å². The molecule has 0 saturated carbocycles. The molecule has 1 heterocycles. The average Bonchev–Trinajstić information content (AvgIpc) is 2.72. The van der Waals surface area contributed by atoms with Crippen molar-refractivity contribution in [2.75, 3.05) is 11.9 Å². The Morgan fingerprint density at radius 2 is 1.43 bits per heavy atom. The summed E-state index contributed by atoms with van der Waals surface area (Å²) in [5, 5.41) is 2.53. The lowest BCUT2D eigenvalue weighted by Gasteiger charge is -2.12. The summed E-state index contributed by atoms with van der Waals surface area (Å²) in [6.07, 6.45) is 2.67. The Balaban J connectivity index is 2.30. The summed E-state index contributed by atoms with van der Waals surface area (Å²) in [5.41, 5.74) is -1.98. The Hall–Kier alpha value is -3.95. The van der Waals surface area contributed by atoms with Crippen LogP contribution in [0.15, 0.2) is 64.0 Å². The molecule has 1 N–H and O–H groups in total. The molecule has 2 aromatic rings. The third-order valence-corrected chi connectivity index (χ3v) is 3.99. The third-order valence-electron chi connectivity index (χ3n) is 3.99. The fourth-order valence-electron chi connectivity index (χ4n) is 2.64. The number of esters is 1. The highest BCUT2D eigenvalue weighted by atomic mass is 16.5. The number of carbonyl (C=O) groups is 2. The molecule has 0 spiro atoms. The Labute approximate surface area is 171 Å². The quantitative estimate of drug-likeness (QED) is 0.467. The summed E-state index contributed by atoms with van der Waals surface area (Å²) in [6, 6.07) is 5.92. The second-order valence-electron chi connectivity index (χ2n) is 6.08. The topological polar surface area (TPSA) is 121 Å². The molecule has 0 fully saturated rings. The maximum atomic E-state index is 12.5. The molecular weight excluding hydrogens is 392 g/mol. The van der Waals surface area contributed by atoms with Crippen LogP contribution in [0, 0.1) is 0 Å². The predicted octanol–water partition coefficient (Wildman–Crippen LogP) is 0.359. The molecule has 158 valence electrons. The van der Waals surface area contributed by atoms with Crippen LogP contribution in [0.25, 0.3) is 0 Å². The van der Waals surface area contributed by atoms with Crippen molar-refractivity contribution < 1.29 is 14.3 Å². The van der Waals surface area contributed by atoms with E-state index in [2.05, 4.69) is 18.5 Å². The number of nitrogens with one attached hydrogen (secondary N) is 1. The van der Waals surface area contributed by atoms with Gasteiger partial charge in [-0.3, -0.25) is 4.79 Å². The van der Waals surface area contributed by atoms with Crippen LogP contribution in [-0.2, 0) is 29.2 Å². The summed E-state index contributed by atoms with van der Waals surface area (Å²) < 4.78 is 7.16. The number of aromatic nitrogens is 3. The van der Waals surface area contributed by atoms with Crippen molar-refractivity contribution in [2.24, 2.45) is 0 Å². The highest BCUT2D eigenvalue weighted by Crippen LogP contribution is 2.10. The second-order valence-corrected chi connectivity index (χ2v) is 6.08. The Morgan fingerprint density at radius 1 is 0.933 bits per heavy atom. The fourth-order valence-corrected chi connectivity index (χ4v) is 2.64. The highest BCUT2D eigenvalue weighted by Gasteiger charge is 2.16. The largest absolute Gasteiger partial charge is 0.462 e. The van der Waals surface area contributed by atoms with Crippen molar-refractivity contribution in [3.05, 3.63) is 86.6 Å². The number of allylic oxidation sites excluding steroid dienone is 2. The Bertz CT molecular complexity index is 1090. The molecule has 0 bridgehead atoms. The molecule has 0 radical (unpaired) electrons. The first-order valence-corrected chi connectivity index (χ1v) is 9.07. The number of rotatable bonds is 9. The lowest BCUT2D eigenvalue weighted by molar-refractivity contribution is -0.116. The number of amides is 1. The molecule has 0 aliphatic carbocycles. The zero-order chi connectivity index (χ0) is 22.3. The van der Waals surface area contributed by atoms with Gasteiger partial charge in [-0.2, -0.15) is 0 Å². The van der Waals surface area contributed by atoms with E-state index in [4.69, 9.17) is 4.74 Å². The minimum Gasteiger partial charge on any atom is -0.462 e. The molecule has 10 heteroatoms. The average molecular weight is 414 g/mol. The van der Waals surface area contributed by atoms with Gasteiger partial charge in [0.25, 0.3) is 0 Å². The lowest BCUT2D eigenvalue weighted by atomic mass is 10.2. The molecule has 0 unspecified atom stereocenters. The molecule has 1 amide bonds. The number of ether oxygens (including phenoxy) is 1. The minimum absolute atomic E-state index is 0.119. The predicted molar refractivity (Wildman–Crippen MR) is 111 cm³/mol.